The fourth-order valence-electron chi connectivity index (χ4n) is 9.47. The number of carbonyl (C=O) groups is 2. The van der Waals surface area contributed by atoms with Gasteiger partial charge in [-0.25, -0.2) is 8.42 Å². The van der Waals surface area contributed by atoms with Crippen LogP contribution in [0.25, 0.3) is 0 Å². The van der Waals surface area contributed by atoms with E-state index in [4.69, 9.17) is 0 Å². The fraction of sp³-hybridized carbons (Fsp3) is 0.742. The highest BCUT2D eigenvalue weighted by atomic mass is 32.2. The Morgan fingerprint density at radius 2 is 1.76 bits per heavy atom. The predicted octanol–water partition coefficient (Wildman–Crippen LogP) is 5.95. The maximum Gasteiger partial charge on any atom is 0.257 e. The summed E-state index contributed by atoms with van der Waals surface area (Å²) in [6.45, 7) is 8.82. The zero-order valence-corrected chi connectivity index (χ0v) is 24.4. The van der Waals surface area contributed by atoms with E-state index in [0.717, 1.165) is 30.7 Å². The summed E-state index contributed by atoms with van der Waals surface area (Å²) in [5.74, 6) is 3.12. The van der Waals surface area contributed by atoms with Crippen LogP contribution in [-0.2, 0) is 19.6 Å². The molecule has 0 radical (unpaired) electrons. The van der Waals surface area contributed by atoms with Crippen molar-refractivity contribution < 1.29 is 18.0 Å². The number of benzene rings is 1. The van der Waals surface area contributed by atoms with E-state index >= 15 is 0 Å². The molecule has 7 heteroatoms. The highest BCUT2D eigenvalue weighted by molar-refractivity contribution is 7.89. The summed E-state index contributed by atoms with van der Waals surface area (Å²) >= 11 is 0. The maximum absolute atomic E-state index is 13.9. The number of sulfonamides is 1. The first kappa shape index (κ1) is 27.8. The molecule has 4 aliphatic carbocycles. The van der Waals surface area contributed by atoms with Crippen LogP contribution < -0.4 is 10.3 Å². The van der Waals surface area contributed by atoms with Crippen molar-refractivity contribution >= 4 is 21.7 Å². The smallest absolute Gasteiger partial charge is 0.257 e. The molecule has 0 bridgehead atoms. The quantitative estimate of drug-likeness (QED) is 0.417. The van der Waals surface area contributed by atoms with Gasteiger partial charge < -0.3 is 0 Å². The van der Waals surface area contributed by atoms with Gasteiger partial charge in [-0.3, -0.25) is 15.0 Å². The third kappa shape index (κ3) is 4.76. The van der Waals surface area contributed by atoms with Gasteiger partial charge in [-0.15, -0.1) is 4.83 Å². The molecule has 4 saturated carbocycles. The lowest BCUT2D eigenvalue weighted by Crippen LogP contribution is -2.56. The van der Waals surface area contributed by atoms with Crippen molar-refractivity contribution in [3.63, 3.8) is 0 Å². The van der Waals surface area contributed by atoms with E-state index < -0.39 is 10.0 Å². The third-order valence-electron chi connectivity index (χ3n) is 11.7. The van der Waals surface area contributed by atoms with Gasteiger partial charge in [0.05, 0.1) is 4.90 Å². The molecule has 210 valence electrons. The molecule has 0 heterocycles. The number of hydrazine groups is 1. The van der Waals surface area contributed by atoms with Gasteiger partial charge in [0.25, 0.3) is 10.0 Å². The Morgan fingerprint density at radius 3 is 2.50 bits per heavy atom. The molecule has 6 nitrogen and oxygen atoms in total. The average Bonchev–Trinajstić information content (AvgIpc) is 3.25. The van der Waals surface area contributed by atoms with Crippen molar-refractivity contribution in [3.8, 4) is 0 Å². The second-order valence-electron chi connectivity index (χ2n) is 13.5. The molecule has 0 saturated heterocycles. The molecule has 4 aliphatic rings. The van der Waals surface area contributed by atoms with Crippen LogP contribution in [0.4, 0.5) is 0 Å². The Morgan fingerprint density at radius 1 is 1.03 bits per heavy atom. The van der Waals surface area contributed by atoms with Crippen molar-refractivity contribution in [2.24, 2.45) is 46.3 Å². The van der Waals surface area contributed by atoms with Crippen molar-refractivity contribution in [3.05, 3.63) is 29.8 Å². The second-order valence-corrected chi connectivity index (χ2v) is 15.2. The van der Waals surface area contributed by atoms with Crippen LogP contribution in [0.5, 0.6) is 0 Å². The molecule has 1 aromatic rings. The van der Waals surface area contributed by atoms with Crippen molar-refractivity contribution in [1.29, 1.82) is 0 Å². The molecule has 0 spiro atoms. The Bertz CT molecular complexity index is 1160. The fourth-order valence-corrected chi connectivity index (χ4v) is 10.3. The molecule has 4 fully saturated rings. The Hall–Kier alpha value is -1.73. The summed E-state index contributed by atoms with van der Waals surface area (Å²) in [7, 11) is -3.81. The zero-order valence-electron chi connectivity index (χ0n) is 23.6. The topological polar surface area (TPSA) is 92.3 Å². The van der Waals surface area contributed by atoms with Crippen LogP contribution in [0, 0.1) is 53.3 Å². The Kier molecular flexibility index (Phi) is 7.58. The van der Waals surface area contributed by atoms with Crippen LogP contribution in [0.2, 0.25) is 0 Å². The zero-order chi connectivity index (χ0) is 27.3. The number of ketones is 1. The van der Waals surface area contributed by atoms with Gasteiger partial charge in [0, 0.05) is 18.3 Å². The monoisotopic (exact) mass is 542 g/mol. The minimum atomic E-state index is -3.81. The van der Waals surface area contributed by atoms with Crippen LogP contribution >= 0.6 is 0 Å². The minimum Gasteiger partial charge on any atom is -0.299 e. The number of fused-ring (bicyclic) bond motifs is 5. The standard InChI is InChI=1S/C31H46N2O4S/c1-20-8-12-23(13-9-20)38(36,37)33-32-29(35)17-10-21(2)25-15-16-26-24-14-11-22-7-5-6-18-30(22,3)27(24)19-28(34)31(25,26)4/h8-9,12-13,21-22,24-27,33H,5-7,10-11,14-19H2,1-4H3,(H,32,35)/t21-,22?,24+,25-,26+,27+,30+,31-/m1/s1. The van der Waals surface area contributed by atoms with Crippen LogP contribution in [0.15, 0.2) is 29.2 Å². The van der Waals surface area contributed by atoms with E-state index in [-0.39, 0.29) is 34.5 Å². The first-order chi connectivity index (χ1) is 18.0. The number of amides is 1. The highest BCUT2D eigenvalue weighted by Gasteiger charge is 2.63. The molecule has 38 heavy (non-hydrogen) atoms. The van der Waals surface area contributed by atoms with Crippen molar-refractivity contribution in [1.82, 2.24) is 10.3 Å². The lowest BCUT2D eigenvalue weighted by atomic mass is 9.44. The molecular weight excluding hydrogens is 496 g/mol. The number of hydrogen-bond donors (Lipinski definition) is 2. The molecular formula is C31H46N2O4S. The van der Waals surface area contributed by atoms with E-state index in [2.05, 4.69) is 31.0 Å². The van der Waals surface area contributed by atoms with E-state index in [1.807, 2.05) is 6.92 Å². The molecule has 1 aromatic carbocycles. The number of carbonyl (C=O) groups excluding carboxylic acids is 2. The number of aryl methyl sites for hydroxylation is 1. The predicted molar refractivity (Wildman–Crippen MR) is 148 cm³/mol. The van der Waals surface area contributed by atoms with Gasteiger partial charge in [0.15, 0.2) is 0 Å². The van der Waals surface area contributed by atoms with E-state index in [1.54, 1.807) is 12.1 Å². The maximum atomic E-state index is 13.9. The lowest BCUT2D eigenvalue weighted by molar-refractivity contribution is -0.157. The van der Waals surface area contributed by atoms with Crippen molar-refractivity contribution in [2.75, 3.05) is 0 Å². The summed E-state index contributed by atoms with van der Waals surface area (Å²) in [6, 6.07) is 6.50. The van der Waals surface area contributed by atoms with Gasteiger partial charge in [0.2, 0.25) is 5.91 Å². The van der Waals surface area contributed by atoms with E-state index in [1.165, 1.54) is 50.7 Å². The van der Waals surface area contributed by atoms with Gasteiger partial charge in [-0.2, -0.15) is 0 Å². The van der Waals surface area contributed by atoms with Crippen molar-refractivity contribution in [2.45, 2.75) is 103 Å². The van der Waals surface area contributed by atoms with Crippen LogP contribution in [0.3, 0.4) is 0 Å². The molecule has 0 aromatic heterocycles. The molecule has 8 atom stereocenters. The van der Waals surface area contributed by atoms with Gasteiger partial charge in [-0.1, -0.05) is 51.3 Å². The van der Waals surface area contributed by atoms with E-state index in [0.29, 0.717) is 35.4 Å². The summed E-state index contributed by atoms with van der Waals surface area (Å²) in [4.78, 5) is 28.8. The largest absolute Gasteiger partial charge is 0.299 e. The molecule has 1 amide bonds. The first-order valence-corrected chi connectivity index (χ1v) is 16.4. The van der Waals surface area contributed by atoms with E-state index in [9.17, 15) is 18.0 Å². The minimum absolute atomic E-state index is 0.118. The van der Waals surface area contributed by atoms with Crippen LogP contribution in [0.1, 0.15) is 97.0 Å². The number of rotatable bonds is 7. The molecule has 0 aliphatic heterocycles. The van der Waals surface area contributed by atoms with Gasteiger partial charge >= 0.3 is 0 Å². The molecule has 1 unspecified atom stereocenters. The van der Waals surface area contributed by atoms with Gasteiger partial charge in [-0.05, 0) is 105 Å². The summed E-state index contributed by atoms with van der Waals surface area (Å²) < 4.78 is 25.0. The first-order valence-electron chi connectivity index (χ1n) is 14.9. The van der Waals surface area contributed by atoms with Gasteiger partial charge in [0.1, 0.15) is 5.78 Å². The SMILES string of the molecule is Cc1ccc(S(=O)(=O)NNC(=O)CC[C@@H](C)[C@H]2CC[C@H]3[C@@H]4CCC5CCCC[C@]5(C)[C@H]4CC(=O)[C@]23C)cc1. The Balaban J connectivity index is 1.19. The molecule has 5 rings (SSSR count). The lowest BCUT2D eigenvalue weighted by Gasteiger charge is -2.60. The third-order valence-corrected chi connectivity index (χ3v) is 12.9. The summed E-state index contributed by atoms with van der Waals surface area (Å²) in [5.41, 5.74) is 3.40. The highest BCUT2D eigenvalue weighted by Crippen LogP contribution is 2.67. The second kappa shape index (κ2) is 10.3. The molecule has 2 N–H and O–H groups in total. The van der Waals surface area contributed by atoms with Crippen LogP contribution in [-0.4, -0.2) is 20.1 Å². The summed E-state index contributed by atoms with van der Waals surface area (Å²) in [5, 5.41) is 0. The normalized spacial score (nSPS) is 37.6. The number of hydrogen-bond acceptors (Lipinski definition) is 4. The summed E-state index contributed by atoms with van der Waals surface area (Å²) in [6.07, 6.45) is 11.7. The average molecular weight is 543 g/mol. The Labute approximate surface area is 229 Å². The number of nitrogens with one attached hydrogen (secondary N) is 2. The number of Topliss-reactive ketones (excluding diaryl/α,β-unsaturated/α-hetero) is 1.